The number of rotatable bonds is 6. The molecule has 2 unspecified atom stereocenters. The van der Waals surface area contributed by atoms with E-state index in [0.717, 1.165) is 10.6 Å². The molecule has 2 aliphatic rings. The maximum absolute atomic E-state index is 13.8. The molecule has 2 aromatic heterocycles. The fraction of sp³-hybridized carbons (Fsp3) is 0.368. The van der Waals surface area contributed by atoms with Gasteiger partial charge in [-0.15, -0.1) is 0 Å². The van der Waals surface area contributed by atoms with Gasteiger partial charge in [-0.25, -0.2) is 14.4 Å². The number of hydrogen-bond acceptors (Lipinski definition) is 8. The Hall–Kier alpha value is -2.23. The first-order valence-corrected chi connectivity index (χ1v) is 10.6. The molecule has 0 amide bonds. The second-order valence-corrected chi connectivity index (χ2v) is 8.34. The fourth-order valence-corrected chi connectivity index (χ4v) is 4.70. The highest BCUT2D eigenvalue weighted by molar-refractivity contribution is 8.09. The monoisotopic (exact) mass is 434 g/mol. The minimum atomic E-state index is -1.56. The molecule has 0 bridgehead atoms. The fourth-order valence-electron chi connectivity index (χ4n) is 3.42. The number of nitrogens with one attached hydrogen (secondary N) is 2. The first-order chi connectivity index (χ1) is 14.1. The van der Waals surface area contributed by atoms with E-state index in [1.165, 1.54) is 0 Å². The van der Waals surface area contributed by atoms with Crippen LogP contribution in [-0.4, -0.2) is 49.9 Å². The molecule has 2 N–H and O–H groups in total. The average Bonchev–Trinajstić information content (AvgIpc) is 3.24. The van der Waals surface area contributed by atoms with E-state index in [-0.39, 0.29) is 11.4 Å². The van der Waals surface area contributed by atoms with Crippen molar-refractivity contribution < 1.29 is 9.18 Å². The number of carbonyl (C=O) groups excluding carboxylic acids is 1. The zero-order chi connectivity index (χ0) is 20.2. The van der Waals surface area contributed by atoms with E-state index in [9.17, 15) is 9.18 Å². The van der Waals surface area contributed by atoms with Crippen LogP contribution in [0.2, 0.25) is 0 Å². The number of likely N-dealkylation sites (tertiary alicyclic amines) is 1. The van der Waals surface area contributed by atoms with Gasteiger partial charge in [0.1, 0.15) is 17.1 Å². The van der Waals surface area contributed by atoms with Gasteiger partial charge in [0.25, 0.3) is 5.24 Å². The molecular weight excluding hydrogens is 415 g/mol. The molecule has 0 radical (unpaired) electrons. The van der Waals surface area contributed by atoms with Crippen LogP contribution in [0.1, 0.15) is 18.5 Å². The molecule has 0 aromatic carbocycles. The van der Waals surface area contributed by atoms with Crippen LogP contribution >= 0.6 is 23.4 Å². The quantitative estimate of drug-likeness (QED) is 0.670. The number of nitrogens with zero attached hydrogens (tertiary/aromatic N) is 4. The molecule has 29 heavy (non-hydrogen) atoms. The maximum Gasteiger partial charge on any atom is 0.256 e. The van der Waals surface area contributed by atoms with Crippen LogP contribution in [0, 0.1) is 5.92 Å². The van der Waals surface area contributed by atoms with Crippen molar-refractivity contribution >= 4 is 45.1 Å². The van der Waals surface area contributed by atoms with Crippen molar-refractivity contribution in [2.24, 2.45) is 5.92 Å². The van der Waals surface area contributed by atoms with Gasteiger partial charge < -0.3 is 10.6 Å². The number of carbonyl (C=O) groups is 1. The van der Waals surface area contributed by atoms with Gasteiger partial charge in [0, 0.05) is 37.6 Å². The lowest BCUT2D eigenvalue weighted by Gasteiger charge is -2.35. The van der Waals surface area contributed by atoms with Crippen LogP contribution in [-0.2, 0) is 4.79 Å². The predicted molar refractivity (Wildman–Crippen MR) is 112 cm³/mol. The minimum absolute atomic E-state index is 0.0640. The van der Waals surface area contributed by atoms with Gasteiger partial charge >= 0.3 is 0 Å². The maximum atomic E-state index is 13.8. The molecule has 4 rings (SSSR count). The van der Waals surface area contributed by atoms with Gasteiger partial charge in [-0.1, -0.05) is 17.8 Å². The third-order valence-electron chi connectivity index (χ3n) is 4.95. The third-order valence-corrected chi connectivity index (χ3v) is 6.40. The second kappa shape index (κ2) is 9.06. The Bertz CT molecular complexity index is 893. The van der Waals surface area contributed by atoms with Crippen LogP contribution in [0.25, 0.3) is 4.91 Å². The Balaban J connectivity index is 1.34. The number of pyridine rings is 1. The molecule has 7 nitrogen and oxygen atoms in total. The van der Waals surface area contributed by atoms with Crippen molar-refractivity contribution in [3.05, 3.63) is 48.7 Å². The van der Waals surface area contributed by atoms with Crippen molar-refractivity contribution in [2.75, 3.05) is 18.4 Å². The molecule has 1 saturated heterocycles. The molecule has 0 spiro atoms. The molecular formula is C19H20ClFN6OS. The Morgan fingerprint density at radius 3 is 2.86 bits per heavy atom. The smallest absolute Gasteiger partial charge is 0.256 e. The van der Waals surface area contributed by atoms with Crippen LogP contribution in [0.15, 0.2) is 43.0 Å². The summed E-state index contributed by atoms with van der Waals surface area (Å²) in [5, 5.41) is 5.62. The third kappa shape index (κ3) is 4.85. The summed E-state index contributed by atoms with van der Waals surface area (Å²) in [4.78, 5) is 27.2. The summed E-state index contributed by atoms with van der Waals surface area (Å²) in [6, 6.07) is 5.77. The van der Waals surface area contributed by atoms with Crippen molar-refractivity contribution in [2.45, 2.75) is 24.5 Å². The van der Waals surface area contributed by atoms with Crippen LogP contribution < -0.4 is 10.6 Å². The van der Waals surface area contributed by atoms with Crippen LogP contribution in [0.5, 0.6) is 0 Å². The summed E-state index contributed by atoms with van der Waals surface area (Å²) in [5.41, 5.74) is 0.916. The minimum Gasteiger partial charge on any atom is -0.366 e. The van der Waals surface area contributed by atoms with E-state index in [1.54, 1.807) is 30.4 Å². The topological polar surface area (TPSA) is 83.0 Å². The molecule has 0 aliphatic carbocycles. The number of halogens is 2. The molecule has 152 valence electrons. The number of hydrogen-bond donors (Lipinski definition) is 2. The van der Waals surface area contributed by atoms with Crippen LogP contribution in [0.3, 0.4) is 0 Å². The SMILES string of the molecule is O=C(Cl)C(F)C1CCN(C2NC=C(c3cccc(Nc4cnccn4)n3)S2)CC1. The van der Waals surface area contributed by atoms with Gasteiger partial charge in [0.2, 0.25) is 0 Å². The first-order valence-electron chi connectivity index (χ1n) is 9.31. The zero-order valence-corrected chi connectivity index (χ0v) is 17.0. The van der Waals surface area contributed by atoms with E-state index in [0.29, 0.717) is 37.6 Å². The second-order valence-electron chi connectivity index (χ2n) is 6.85. The molecule has 10 heteroatoms. The highest BCUT2D eigenvalue weighted by Gasteiger charge is 2.34. The number of alkyl halides is 1. The highest BCUT2D eigenvalue weighted by atomic mass is 35.5. The first kappa shape index (κ1) is 20.1. The number of thioether (sulfide) groups is 1. The van der Waals surface area contributed by atoms with E-state index in [1.807, 2.05) is 24.4 Å². The van der Waals surface area contributed by atoms with Gasteiger partial charge in [-0.3, -0.25) is 14.7 Å². The summed E-state index contributed by atoms with van der Waals surface area (Å²) in [6.07, 6.45) is 6.49. The lowest BCUT2D eigenvalue weighted by Crippen LogP contribution is -2.45. The normalized spacial score (nSPS) is 21.3. The molecule has 4 heterocycles. The van der Waals surface area contributed by atoms with Crippen molar-refractivity contribution in [3.63, 3.8) is 0 Å². The molecule has 2 aromatic rings. The number of piperidine rings is 1. The molecule has 0 saturated carbocycles. The van der Waals surface area contributed by atoms with E-state index in [2.05, 4.69) is 30.5 Å². The zero-order valence-electron chi connectivity index (χ0n) is 15.5. The molecule has 2 aliphatic heterocycles. The van der Waals surface area contributed by atoms with Crippen LogP contribution in [0.4, 0.5) is 16.0 Å². The summed E-state index contributed by atoms with van der Waals surface area (Å²) < 4.78 is 13.8. The largest absolute Gasteiger partial charge is 0.366 e. The number of aromatic nitrogens is 3. The average molecular weight is 435 g/mol. The standard InChI is InChI=1S/C19H20ClFN6OS/c20-18(28)17(21)12-4-8-27(9-5-12)19-24-10-14(29-19)13-2-1-3-15(25-13)26-16-11-22-6-7-23-16/h1-3,6-7,10-12,17,19,24H,4-5,8-9H2,(H,23,25,26). The lowest BCUT2D eigenvalue weighted by molar-refractivity contribution is -0.118. The van der Waals surface area contributed by atoms with Gasteiger partial charge in [0.05, 0.1) is 16.8 Å². The molecule has 2 atom stereocenters. The number of anilines is 2. The summed E-state index contributed by atoms with van der Waals surface area (Å²) >= 11 is 6.98. The van der Waals surface area contributed by atoms with Gasteiger partial charge in [-0.2, -0.15) is 0 Å². The Labute approximate surface area is 177 Å². The summed E-state index contributed by atoms with van der Waals surface area (Å²) in [5.74, 6) is 1.03. The van der Waals surface area contributed by atoms with Crippen molar-refractivity contribution in [1.29, 1.82) is 0 Å². The van der Waals surface area contributed by atoms with Gasteiger partial charge in [-0.05, 0) is 36.6 Å². The Morgan fingerprint density at radius 1 is 1.31 bits per heavy atom. The highest BCUT2D eigenvalue weighted by Crippen LogP contribution is 2.37. The predicted octanol–water partition coefficient (Wildman–Crippen LogP) is 3.35. The Kier molecular flexibility index (Phi) is 6.27. The van der Waals surface area contributed by atoms with Gasteiger partial charge in [0.15, 0.2) is 6.17 Å². The Morgan fingerprint density at radius 2 is 2.14 bits per heavy atom. The van der Waals surface area contributed by atoms with Crippen molar-refractivity contribution in [1.82, 2.24) is 25.2 Å². The summed E-state index contributed by atoms with van der Waals surface area (Å²) in [6.45, 7) is 1.42. The van der Waals surface area contributed by atoms with E-state index < -0.39 is 11.4 Å². The van der Waals surface area contributed by atoms with E-state index in [4.69, 9.17) is 11.6 Å². The van der Waals surface area contributed by atoms with Crippen molar-refractivity contribution in [3.8, 4) is 0 Å². The lowest BCUT2D eigenvalue weighted by atomic mass is 9.93. The van der Waals surface area contributed by atoms with E-state index >= 15 is 0 Å². The summed E-state index contributed by atoms with van der Waals surface area (Å²) in [7, 11) is 0. The molecule has 1 fully saturated rings.